The van der Waals surface area contributed by atoms with E-state index in [2.05, 4.69) is 15.5 Å². The molecule has 0 atom stereocenters. The highest BCUT2D eigenvalue weighted by Crippen LogP contribution is 2.17. The summed E-state index contributed by atoms with van der Waals surface area (Å²) in [6.45, 7) is 5.61. The standard InChI is InChI=1S/C11H15N5O2/c1-6(2)16-5-8(12)4-9(16)10(17)14-11-13-7(3)15-18-11/h4-6H,12H2,1-3H3,(H,13,14,15,17). The van der Waals surface area contributed by atoms with Gasteiger partial charge in [0.05, 0.1) is 5.69 Å². The van der Waals surface area contributed by atoms with Gasteiger partial charge in [-0.25, -0.2) is 0 Å². The zero-order chi connectivity index (χ0) is 13.3. The fraction of sp³-hybridized carbons (Fsp3) is 0.364. The number of nitrogen functional groups attached to an aromatic ring is 1. The summed E-state index contributed by atoms with van der Waals surface area (Å²) < 4.78 is 6.62. The Morgan fingerprint density at radius 2 is 2.28 bits per heavy atom. The number of nitrogens with one attached hydrogen (secondary N) is 1. The van der Waals surface area contributed by atoms with Crippen LogP contribution >= 0.6 is 0 Å². The Balaban J connectivity index is 2.23. The lowest BCUT2D eigenvalue weighted by molar-refractivity contribution is 0.101. The van der Waals surface area contributed by atoms with Gasteiger partial charge in [0.15, 0.2) is 5.82 Å². The Morgan fingerprint density at radius 3 is 2.83 bits per heavy atom. The maximum Gasteiger partial charge on any atom is 0.328 e. The highest BCUT2D eigenvalue weighted by molar-refractivity contribution is 6.02. The van der Waals surface area contributed by atoms with Crippen LogP contribution in [-0.2, 0) is 0 Å². The number of carbonyl (C=O) groups is 1. The number of anilines is 2. The minimum absolute atomic E-state index is 0.0765. The molecule has 18 heavy (non-hydrogen) atoms. The molecular weight excluding hydrogens is 234 g/mol. The number of hydrogen-bond donors (Lipinski definition) is 2. The van der Waals surface area contributed by atoms with Gasteiger partial charge in [0.2, 0.25) is 0 Å². The monoisotopic (exact) mass is 249 g/mol. The van der Waals surface area contributed by atoms with E-state index in [4.69, 9.17) is 10.3 Å². The van der Waals surface area contributed by atoms with E-state index >= 15 is 0 Å². The van der Waals surface area contributed by atoms with E-state index in [1.807, 2.05) is 13.8 Å². The highest BCUT2D eigenvalue weighted by atomic mass is 16.5. The van der Waals surface area contributed by atoms with E-state index in [1.165, 1.54) is 0 Å². The van der Waals surface area contributed by atoms with E-state index in [1.54, 1.807) is 23.8 Å². The third-order valence-electron chi connectivity index (χ3n) is 2.41. The Hall–Kier alpha value is -2.31. The van der Waals surface area contributed by atoms with Crippen LogP contribution in [0.1, 0.15) is 36.2 Å². The van der Waals surface area contributed by atoms with Crippen molar-refractivity contribution in [3.63, 3.8) is 0 Å². The second-order valence-corrected chi connectivity index (χ2v) is 4.26. The van der Waals surface area contributed by atoms with E-state index < -0.39 is 0 Å². The summed E-state index contributed by atoms with van der Waals surface area (Å²) >= 11 is 0. The van der Waals surface area contributed by atoms with Gasteiger partial charge in [-0.1, -0.05) is 5.16 Å². The molecule has 7 nitrogen and oxygen atoms in total. The smallest absolute Gasteiger partial charge is 0.328 e. The van der Waals surface area contributed by atoms with Gasteiger partial charge in [-0.05, 0) is 26.8 Å². The summed E-state index contributed by atoms with van der Waals surface area (Å²) in [7, 11) is 0. The van der Waals surface area contributed by atoms with Gasteiger partial charge < -0.3 is 14.8 Å². The number of aromatic nitrogens is 3. The molecule has 0 bridgehead atoms. The van der Waals surface area contributed by atoms with Gasteiger partial charge in [0.25, 0.3) is 5.91 Å². The number of aryl methyl sites for hydroxylation is 1. The zero-order valence-electron chi connectivity index (χ0n) is 10.5. The lowest BCUT2D eigenvalue weighted by Gasteiger charge is -2.11. The average molecular weight is 249 g/mol. The number of amides is 1. The maximum atomic E-state index is 12.0. The molecule has 0 fully saturated rings. The van der Waals surface area contributed by atoms with Crippen LogP contribution in [0.2, 0.25) is 0 Å². The summed E-state index contributed by atoms with van der Waals surface area (Å²) in [6.07, 6.45) is 1.72. The Bertz CT molecular complexity index is 570. The second-order valence-electron chi connectivity index (χ2n) is 4.26. The topological polar surface area (TPSA) is 99.0 Å². The summed E-state index contributed by atoms with van der Waals surface area (Å²) in [6, 6.07) is 1.82. The molecule has 2 rings (SSSR count). The van der Waals surface area contributed by atoms with Gasteiger partial charge in [0, 0.05) is 12.2 Å². The molecule has 1 amide bonds. The van der Waals surface area contributed by atoms with Crippen molar-refractivity contribution >= 4 is 17.6 Å². The predicted molar refractivity (Wildman–Crippen MR) is 66.2 cm³/mol. The minimum atomic E-state index is -0.330. The summed E-state index contributed by atoms with van der Waals surface area (Å²) in [5.41, 5.74) is 6.69. The largest absolute Gasteiger partial charge is 0.397 e. The molecule has 3 N–H and O–H groups in total. The molecule has 0 aromatic carbocycles. The van der Waals surface area contributed by atoms with Crippen LogP contribution in [0, 0.1) is 6.92 Å². The van der Waals surface area contributed by atoms with Crippen molar-refractivity contribution in [3.8, 4) is 0 Å². The molecule has 0 aliphatic carbocycles. The Morgan fingerprint density at radius 1 is 1.56 bits per heavy atom. The van der Waals surface area contributed by atoms with Gasteiger partial charge >= 0.3 is 6.01 Å². The van der Waals surface area contributed by atoms with Crippen LogP contribution in [-0.4, -0.2) is 20.6 Å². The first-order valence-electron chi connectivity index (χ1n) is 5.56. The number of hydrogen-bond acceptors (Lipinski definition) is 5. The molecule has 0 radical (unpaired) electrons. The molecule has 0 spiro atoms. The molecule has 2 aromatic heterocycles. The third kappa shape index (κ3) is 2.34. The summed E-state index contributed by atoms with van der Waals surface area (Å²) in [5.74, 6) is 0.133. The van der Waals surface area contributed by atoms with Crippen molar-refractivity contribution < 1.29 is 9.32 Å². The quantitative estimate of drug-likeness (QED) is 0.860. The van der Waals surface area contributed by atoms with Gasteiger partial charge in [-0.3, -0.25) is 10.1 Å². The number of nitrogens with two attached hydrogens (primary N) is 1. The predicted octanol–water partition coefficient (Wildman–Crippen LogP) is 1.59. The van der Waals surface area contributed by atoms with Crippen molar-refractivity contribution in [2.24, 2.45) is 0 Å². The summed E-state index contributed by atoms with van der Waals surface area (Å²) in [5, 5.41) is 6.13. The first-order chi connectivity index (χ1) is 8.47. The number of rotatable bonds is 3. The molecule has 7 heteroatoms. The normalized spacial score (nSPS) is 10.9. The van der Waals surface area contributed by atoms with Crippen LogP contribution in [0.3, 0.4) is 0 Å². The first kappa shape index (κ1) is 12.2. The second kappa shape index (κ2) is 4.52. The van der Waals surface area contributed by atoms with Crippen molar-refractivity contribution in [1.29, 1.82) is 0 Å². The SMILES string of the molecule is Cc1noc(NC(=O)c2cc(N)cn2C(C)C)n1. The van der Waals surface area contributed by atoms with Crippen molar-refractivity contribution in [1.82, 2.24) is 14.7 Å². The van der Waals surface area contributed by atoms with Crippen LogP contribution in [0.5, 0.6) is 0 Å². The lowest BCUT2D eigenvalue weighted by Crippen LogP contribution is -2.17. The fourth-order valence-corrected chi connectivity index (χ4v) is 1.62. The molecule has 0 saturated carbocycles. The highest BCUT2D eigenvalue weighted by Gasteiger charge is 2.17. The van der Waals surface area contributed by atoms with E-state index in [0.29, 0.717) is 17.2 Å². The maximum absolute atomic E-state index is 12.0. The van der Waals surface area contributed by atoms with Crippen molar-refractivity contribution in [2.75, 3.05) is 11.1 Å². The van der Waals surface area contributed by atoms with Crippen LogP contribution in [0.15, 0.2) is 16.8 Å². The lowest BCUT2D eigenvalue weighted by atomic mass is 10.3. The minimum Gasteiger partial charge on any atom is -0.397 e. The number of carbonyl (C=O) groups excluding carboxylic acids is 1. The van der Waals surface area contributed by atoms with Crippen LogP contribution in [0.25, 0.3) is 0 Å². The molecule has 0 aliphatic heterocycles. The van der Waals surface area contributed by atoms with E-state index in [0.717, 1.165) is 0 Å². The zero-order valence-corrected chi connectivity index (χ0v) is 10.5. The molecule has 2 heterocycles. The fourth-order valence-electron chi connectivity index (χ4n) is 1.62. The Kier molecular flexibility index (Phi) is 3.05. The van der Waals surface area contributed by atoms with Crippen LogP contribution in [0.4, 0.5) is 11.7 Å². The van der Waals surface area contributed by atoms with Crippen LogP contribution < -0.4 is 11.1 Å². The van der Waals surface area contributed by atoms with Gasteiger partial charge in [0.1, 0.15) is 5.69 Å². The molecular formula is C11H15N5O2. The number of nitrogens with zero attached hydrogens (tertiary/aromatic N) is 3. The first-order valence-corrected chi connectivity index (χ1v) is 5.56. The van der Waals surface area contributed by atoms with Gasteiger partial charge in [-0.2, -0.15) is 4.98 Å². The molecule has 0 saturated heterocycles. The van der Waals surface area contributed by atoms with E-state index in [9.17, 15) is 4.79 Å². The molecule has 96 valence electrons. The van der Waals surface area contributed by atoms with Crippen molar-refractivity contribution in [3.05, 3.63) is 23.8 Å². The molecule has 0 aliphatic rings. The summed E-state index contributed by atoms with van der Waals surface area (Å²) in [4.78, 5) is 16.0. The average Bonchev–Trinajstić information content (AvgIpc) is 2.85. The Labute approximate surface area is 104 Å². The van der Waals surface area contributed by atoms with E-state index in [-0.39, 0.29) is 18.0 Å². The van der Waals surface area contributed by atoms with Crippen molar-refractivity contribution in [2.45, 2.75) is 26.8 Å². The van der Waals surface area contributed by atoms with Gasteiger partial charge in [-0.15, -0.1) is 0 Å². The molecule has 0 unspecified atom stereocenters. The molecule has 2 aromatic rings. The third-order valence-corrected chi connectivity index (χ3v) is 2.41.